The summed E-state index contributed by atoms with van der Waals surface area (Å²) in [6, 6.07) is 11.4. The van der Waals surface area contributed by atoms with Crippen LogP contribution in [0.15, 0.2) is 46.9 Å². The lowest BCUT2D eigenvalue weighted by Crippen LogP contribution is -2.40. The summed E-state index contributed by atoms with van der Waals surface area (Å²) in [5, 5.41) is 2.61. The summed E-state index contributed by atoms with van der Waals surface area (Å²) in [6.07, 6.45) is 0. The monoisotopic (exact) mass is 436 g/mol. The van der Waals surface area contributed by atoms with Gasteiger partial charge in [-0.2, -0.15) is 0 Å². The second-order valence-corrected chi connectivity index (χ2v) is 6.67. The van der Waals surface area contributed by atoms with Crippen molar-refractivity contribution in [1.29, 1.82) is 0 Å². The molecule has 0 heterocycles. The molecule has 0 fully saturated rings. The Morgan fingerprint density at radius 1 is 1.19 bits per heavy atom. The highest BCUT2D eigenvalue weighted by Crippen LogP contribution is 2.18. The van der Waals surface area contributed by atoms with Crippen molar-refractivity contribution in [1.82, 2.24) is 10.2 Å². The van der Waals surface area contributed by atoms with Crippen LogP contribution in [-0.4, -0.2) is 36.4 Å². The van der Waals surface area contributed by atoms with E-state index in [1.54, 1.807) is 43.3 Å². The predicted molar refractivity (Wildman–Crippen MR) is 105 cm³/mol. The molecule has 2 rings (SSSR count). The molecule has 144 valence electrons. The van der Waals surface area contributed by atoms with E-state index in [0.717, 1.165) is 4.47 Å². The van der Waals surface area contributed by atoms with E-state index in [0.29, 0.717) is 30.0 Å². The van der Waals surface area contributed by atoms with Crippen LogP contribution in [0, 0.1) is 5.82 Å². The number of amides is 2. The van der Waals surface area contributed by atoms with Gasteiger partial charge in [0.15, 0.2) is 0 Å². The summed E-state index contributed by atoms with van der Waals surface area (Å²) in [6.45, 7) is 4.42. The maximum Gasteiger partial charge on any atom is 0.255 e. The molecule has 0 unspecified atom stereocenters. The van der Waals surface area contributed by atoms with Crippen LogP contribution in [0.5, 0.6) is 5.75 Å². The fourth-order valence-corrected chi connectivity index (χ4v) is 2.95. The molecule has 0 aromatic heterocycles. The minimum atomic E-state index is -0.392. The molecule has 0 spiro atoms. The summed E-state index contributed by atoms with van der Waals surface area (Å²) >= 11 is 3.30. The average Bonchev–Trinajstić information content (AvgIpc) is 2.67. The zero-order valence-corrected chi connectivity index (χ0v) is 16.9. The van der Waals surface area contributed by atoms with Crippen molar-refractivity contribution in [3.05, 3.63) is 63.9 Å². The first-order valence-corrected chi connectivity index (χ1v) is 9.47. The van der Waals surface area contributed by atoms with Gasteiger partial charge < -0.3 is 15.0 Å². The third-order valence-electron chi connectivity index (χ3n) is 3.94. The molecule has 1 N–H and O–H groups in total. The standard InChI is InChI=1S/C20H22BrFN2O3/c1-3-24(13-14-11-15(21)9-10-17(14)22)19(25)12-23-20(26)16-7-5-6-8-18(16)27-4-2/h5-11H,3-4,12-13H2,1-2H3,(H,23,26). The van der Waals surface area contributed by atoms with E-state index in [1.807, 2.05) is 6.92 Å². The molecule has 27 heavy (non-hydrogen) atoms. The molecule has 0 saturated heterocycles. The van der Waals surface area contributed by atoms with Crippen molar-refractivity contribution in [3.63, 3.8) is 0 Å². The molecule has 0 aliphatic heterocycles. The second-order valence-electron chi connectivity index (χ2n) is 5.76. The highest BCUT2D eigenvalue weighted by atomic mass is 79.9. The molecule has 2 aromatic carbocycles. The molecule has 2 aromatic rings. The molecule has 0 bridgehead atoms. The number of halogens is 2. The zero-order chi connectivity index (χ0) is 19.8. The number of hydrogen-bond acceptors (Lipinski definition) is 3. The molecule has 2 amide bonds. The third-order valence-corrected chi connectivity index (χ3v) is 4.43. The van der Waals surface area contributed by atoms with Gasteiger partial charge in [0.1, 0.15) is 11.6 Å². The molecular weight excluding hydrogens is 415 g/mol. The smallest absolute Gasteiger partial charge is 0.255 e. The molecular formula is C20H22BrFN2O3. The minimum absolute atomic E-state index is 0.131. The molecule has 0 atom stereocenters. The number of carbonyl (C=O) groups excluding carboxylic acids is 2. The number of carbonyl (C=O) groups is 2. The molecule has 7 heteroatoms. The first-order chi connectivity index (χ1) is 13.0. The zero-order valence-electron chi connectivity index (χ0n) is 15.3. The highest BCUT2D eigenvalue weighted by Gasteiger charge is 2.17. The molecule has 0 aliphatic rings. The number of nitrogens with one attached hydrogen (secondary N) is 1. The number of nitrogens with zero attached hydrogens (tertiary/aromatic N) is 1. The molecule has 0 aliphatic carbocycles. The Labute approximate surface area is 166 Å². The number of likely N-dealkylation sites (N-methyl/N-ethyl adjacent to an activating group) is 1. The van der Waals surface area contributed by atoms with Crippen LogP contribution in [-0.2, 0) is 11.3 Å². The topological polar surface area (TPSA) is 58.6 Å². The van der Waals surface area contributed by atoms with Crippen LogP contribution >= 0.6 is 15.9 Å². The Kier molecular flexibility index (Phi) is 7.79. The van der Waals surface area contributed by atoms with Crippen molar-refractivity contribution in [2.75, 3.05) is 19.7 Å². The lowest BCUT2D eigenvalue weighted by atomic mass is 10.2. The Hall–Kier alpha value is -2.41. The van der Waals surface area contributed by atoms with E-state index in [2.05, 4.69) is 21.2 Å². The summed E-state index contributed by atoms with van der Waals surface area (Å²) in [5.41, 5.74) is 0.779. The Balaban J connectivity index is 2.01. The van der Waals surface area contributed by atoms with E-state index in [4.69, 9.17) is 4.74 Å². The first kappa shape index (κ1) is 20.9. The summed E-state index contributed by atoms with van der Waals surface area (Å²) in [7, 11) is 0. The van der Waals surface area contributed by atoms with E-state index < -0.39 is 5.91 Å². The van der Waals surface area contributed by atoms with Crippen LogP contribution in [0.3, 0.4) is 0 Å². The van der Waals surface area contributed by atoms with Gasteiger partial charge >= 0.3 is 0 Å². The average molecular weight is 437 g/mol. The predicted octanol–water partition coefficient (Wildman–Crippen LogP) is 3.77. The normalized spacial score (nSPS) is 10.4. The fraction of sp³-hybridized carbons (Fsp3) is 0.300. The Bertz CT molecular complexity index is 814. The Morgan fingerprint density at radius 2 is 1.93 bits per heavy atom. The van der Waals surface area contributed by atoms with Gasteiger partial charge in [0, 0.05) is 23.1 Å². The van der Waals surface area contributed by atoms with E-state index in [-0.39, 0.29) is 24.8 Å². The van der Waals surface area contributed by atoms with Crippen molar-refractivity contribution in [3.8, 4) is 5.75 Å². The summed E-state index contributed by atoms with van der Waals surface area (Å²) in [4.78, 5) is 26.3. The summed E-state index contributed by atoms with van der Waals surface area (Å²) in [5.74, 6) is -0.594. The van der Waals surface area contributed by atoms with Gasteiger partial charge in [0.05, 0.1) is 18.7 Å². The maximum absolute atomic E-state index is 13.9. The molecule has 0 saturated carbocycles. The van der Waals surface area contributed by atoms with Gasteiger partial charge in [-0.1, -0.05) is 28.1 Å². The first-order valence-electron chi connectivity index (χ1n) is 8.68. The van der Waals surface area contributed by atoms with Crippen molar-refractivity contribution in [2.45, 2.75) is 20.4 Å². The summed E-state index contributed by atoms with van der Waals surface area (Å²) < 4.78 is 20.1. The third kappa shape index (κ3) is 5.79. The number of ether oxygens (including phenoxy) is 1. The van der Waals surface area contributed by atoms with E-state index in [1.165, 1.54) is 11.0 Å². The number of para-hydroxylation sites is 1. The Morgan fingerprint density at radius 3 is 2.63 bits per heavy atom. The van der Waals surface area contributed by atoms with E-state index >= 15 is 0 Å². The lowest BCUT2D eigenvalue weighted by Gasteiger charge is -2.22. The van der Waals surface area contributed by atoms with Crippen LogP contribution in [0.25, 0.3) is 0 Å². The quantitative estimate of drug-likeness (QED) is 0.684. The number of rotatable bonds is 8. The van der Waals surface area contributed by atoms with Crippen LogP contribution < -0.4 is 10.1 Å². The number of hydrogen-bond donors (Lipinski definition) is 1. The lowest BCUT2D eigenvalue weighted by molar-refractivity contribution is -0.130. The van der Waals surface area contributed by atoms with Crippen LogP contribution in [0.1, 0.15) is 29.8 Å². The van der Waals surface area contributed by atoms with Gasteiger partial charge in [-0.15, -0.1) is 0 Å². The maximum atomic E-state index is 13.9. The largest absolute Gasteiger partial charge is 0.493 e. The van der Waals surface area contributed by atoms with Crippen LogP contribution in [0.4, 0.5) is 4.39 Å². The van der Waals surface area contributed by atoms with Gasteiger partial charge in [-0.05, 0) is 44.2 Å². The SMILES string of the molecule is CCOc1ccccc1C(=O)NCC(=O)N(CC)Cc1cc(Br)ccc1F. The number of benzene rings is 2. The minimum Gasteiger partial charge on any atom is -0.493 e. The molecule has 0 radical (unpaired) electrons. The van der Waals surface area contributed by atoms with Gasteiger partial charge in [-0.3, -0.25) is 9.59 Å². The van der Waals surface area contributed by atoms with Crippen molar-refractivity contribution in [2.24, 2.45) is 0 Å². The fourth-order valence-electron chi connectivity index (χ4n) is 2.54. The molecule has 5 nitrogen and oxygen atoms in total. The van der Waals surface area contributed by atoms with E-state index in [9.17, 15) is 14.0 Å². The second kappa shape index (κ2) is 10.1. The van der Waals surface area contributed by atoms with Crippen LogP contribution in [0.2, 0.25) is 0 Å². The van der Waals surface area contributed by atoms with Crippen molar-refractivity contribution >= 4 is 27.7 Å². The van der Waals surface area contributed by atoms with Gasteiger partial charge in [0.2, 0.25) is 5.91 Å². The van der Waals surface area contributed by atoms with Gasteiger partial charge in [0.25, 0.3) is 5.91 Å². The highest BCUT2D eigenvalue weighted by molar-refractivity contribution is 9.10. The van der Waals surface area contributed by atoms with Gasteiger partial charge in [-0.25, -0.2) is 4.39 Å². The van der Waals surface area contributed by atoms with Crippen molar-refractivity contribution < 1.29 is 18.7 Å².